The number of allylic oxidation sites excluding steroid dienone is 4. The van der Waals surface area contributed by atoms with Crippen molar-refractivity contribution in [2.45, 2.75) is 25.7 Å². The van der Waals surface area contributed by atoms with Gasteiger partial charge in [0.05, 0.1) is 5.56 Å². The fraction of sp³-hybridized carbons (Fsp3) is 0.188. The standard InChI is InChI=1S/C16H19NO2S/c1-5-13(8-6-11(2)3)17-20-14-9-7-12(4)15(10-14)16(18)19/h5-10,17H,1H2,2-4H3,(H,18,19)/b13-8+. The number of aryl methyl sites for hydroxylation is 1. The Morgan fingerprint density at radius 1 is 1.35 bits per heavy atom. The van der Waals surface area contributed by atoms with Crippen LogP contribution in [0.25, 0.3) is 0 Å². The van der Waals surface area contributed by atoms with Gasteiger partial charge in [-0.3, -0.25) is 0 Å². The molecule has 0 aliphatic carbocycles. The quantitative estimate of drug-likeness (QED) is 0.604. The van der Waals surface area contributed by atoms with Crippen LogP contribution in [-0.4, -0.2) is 11.1 Å². The van der Waals surface area contributed by atoms with Crippen LogP contribution in [0.5, 0.6) is 0 Å². The van der Waals surface area contributed by atoms with Crippen molar-refractivity contribution in [3.63, 3.8) is 0 Å². The van der Waals surface area contributed by atoms with Gasteiger partial charge < -0.3 is 9.83 Å². The van der Waals surface area contributed by atoms with Crippen LogP contribution in [0.2, 0.25) is 0 Å². The summed E-state index contributed by atoms with van der Waals surface area (Å²) in [5, 5.41) is 9.09. The van der Waals surface area contributed by atoms with Crippen LogP contribution < -0.4 is 4.72 Å². The van der Waals surface area contributed by atoms with Crippen LogP contribution in [0, 0.1) is 6.92 Å². The van der Waals surface area contributed by atoms with Crippen molar-refractivity contribution in [3.8, 4) is 0 Å². The van der Waals surface area contributed by atoms with Crippen molar-refractivity contribution >= 4 is 17.9 Å². The first-order chi connectivity index (χ1) is 9.43. The van der Waals surface area contributed by atoms with Gasteiger partial charge in [0, 0.05) is 10.6 Å². The minimum absolute atomic E-state index is 0.324. The number of hydrogen-bond donors (Lipinski definition) is 2. The summed E-state index contributed by atoms with van der Waals surface area (Å²) < 4.78 is 3.15. The second-order valence-corrected chi connectivity index (χ2v) is 5.44. The molecule has 4 heteroatoms. The third-order valence-electron chi connectivity index (χ3n) is 2.54. The SMILES string of the molecule is C=C/C(=C\C=C(C)C)NSc1ccc(C)c(C(=O)O)c1. The van der Waals surface area contributed by atoms with Gasteiger partial charge in [-0.1, -0.05) is 24.3 Å². The summed E-state index contributed by atoms with van der Waals surface area (Å²) in [6.07, 6.45) is 5.64. The zero-order valence-corrected chi connectivity index (χ0v) is 12.8. The van der Waals surface area contributed by atoms with E-state index in [0.29, 0.717) is 5.56 Å². The lowest BCUT2D eigenvalue weighted by Gasteiger charge is -2.08. The van der Waals surface area contributed by atoms with Gasteiger partial charge in [0.25, 0.3) is 0 Å². The highest BCUT2D eigenvalue weighted by Crippen LogP contribution is 2.20. The molecule has 0 aliphatic rings. The molecule has 0 saturated carbocycles. The highest BCUT2D eigenvalue weighted by molar-refractivity contribution is 7.97. The lowest BCUT2D eigenvalue weighted by Crippen LogP contribution is -2.03. The first-order valence-electron chi connectivity index (χ1n) is 6.18. The maximum Gasteiger partial charge on any atom is 0.335 e. The number of carboxylic acid groups (broad SMARTS) is 1. The smallest absolute Gasteiger partial charge is 0.335 e. The normalized spacial score (nSPS) is 10.8. The number of nitrogens with one attached hydrogen (secondary N) is 1. The number of aromatic carboxylic acids is 1. The van der Waals surface area contributed by atoms with Crippen molar-refractivity contribution in [2.24, 2.45) is 0 Å². The molecule has 0 fully saturated rings. The fourth-order valence-electron chi connectivity index (χ4n) is 1.41. The summed E-state index contributed by atoms with van der Waals surface area (Å²) in [5.74, 6) is -0.908. The number of hydrogen-bond acceptors (Lipinski definition) is 3. The molecule has 20 heavy (non-hydrogen) atoms. The van der Waals surface area contributed by atoms with Gasteiger partial charge in [0.1, 0.15) is 0 Å². The molecule has 0 radical (unpaired) electrons. The number of carboxylic acids is 1. The largest absolute Gasteiger partial charge is 0.478 e. The van der Waals surface area contributed by atoms with E-state index in [2.05, 4.69) is 11.3 Å². The fourth-order valence-corrected chi connectivity index (χ4v) is 2.11. The van der Waals surface area contributed by atoms with E-state index in [1.54, 1.807) is 25.1 Å². The van der Waals surface area contributed by atoms with Gasteiger partial charge in [-0.15, -0.1) is 0 Å². The third-order valence-corrected chi connectivity index (χ3v) is 3.37. The second-order valence-electron chi connectivity index (χ2n) is 4.56. The number of carbonyl (C=O) groups is 1. The summed E-state index contributed by atoms with van der Waals surface area (Å²) >= 11 is 1.36. The van der Waals surface area contributed by atoms with Gasteiger partial charge in [-0.2, -0.15) is 0 Å². The van der Waals surface area contributed by atoms with Gasteiger partial charge in [-0.25, -0.2) is 4.79 Å². The first-order valence-corrected chi connectivity index (χ1v) is 7.00. The molecule has 1 rings (SSSR count). The zero-order chi connectivity index (χ0) is 15.1. The average Bonchev–Trinajstić information content (AvgIpc) is 2.40. The van der Waals surface area contributed by atoms with Crippen molar-refractivity contribution in [2.75, 3.05) is 0 Å². The molecular weight excluding hydrogens is 270 g/mol. The Kier molecular flexibility index (Phi) is 6.12. The van der Waals surface area contributed by atoms with E-state index >= 15 is 0 Å². The molecule has 2 N–H and O–H groups in total. The number of rotatable bonds is 6. The van der Waals surface area contributed by atoms with E-state index in [4.69, 9.17) is 5.11 Å². The van der Waals surface area contributed by atoms with E-state index in [9.17, 15) is 4.79 Å². The summed E-state index contributed by atoms with van der Waals surface area (Å²) in [7, 11) is 0. The lowest BCUT2D eigenvalue weighted by molar-refractivity contribution is 0.0696. The molecular formula is C16H19NO2S. The predicted octanol–water partition coefficient (Wildman–Crippen LogP) is 4.33. The molecule has 106 valence electrons. The van der Waals surface area contributed by atoms with Crippen LogP contribution in [0.3, 0.4) is 0 Å². The maximum absolute atomic E-state index is 11.1. The molecule has 0 saturated heterocycles. The van der Waals surface area contributed by atoms with E-state index in [-0.39, 0.29) is 0 Å². The monoisotopic (exact) mass is 289 g/mol. The van der Waals surface area contributed by atoms with Crippen LogP contribution in [0.4, 0.5) is 0 Å². The molecule has 0 amide bonds. The summed E-state index contributed by atoms with van der Waals surface area (Å²) in [6.45, 7) is 9.57. The van der Waals surface area contributed by atoms with E-state index in [1.807, 2.05) is 32.1 Å². The van der Waals surface area contributed by atoms with Crippen molar-refractivity contribution in [3.05, 3.63) is 65.4 Å². The Morgan fingerprint density at radius 3 is 2.60 bits per heavy atom. The molecule has 1 aromatic carbocycles. The summed E-state index contributed by atoms with van der Waals surface area (Å²) in [4.78, 5) is 11.9. The molecule has 0 spiro atoms. The zero-order valence-electron chi connectivity index (χ0n) is 11.9. The lowest BCUT2D eigenvalue weighted by atomic mass is 10.1. The third kappa shape index (κ3) is 4.97. The van der Waals surface area contributed by atoms with Crippen LogP contribution >= 0.6 is 11.9 Å². The maximum atomic E-state index is 11.1. The van der Waals surface area contributed by atoms with Gasteiger partial charge >= 0.3 is 5.97 Å². The Hall–Kier alpha value is -1.94. The topological polar surface area (TPSA) is 49.3 Å². The summed E-state index contributed by atoms with van der Waals surface area (Å²) in [5.41, 5.74) is 3.14. The van der Waals surface area contributed by atoms with Crippen molar-refractivity contribution < 1.29 is 9.90 Å². The van der Waals surface area contributed by atoms with Gasteiger partial charge in [0.2, 0.25) is 0 Å². The number of benzene rings is 1. The molecule has 0 bridgehead atoms. The van der Waals surface area contributed by atoms with Crippen LogP contribution in [0.1, 0.15) is 29.8 Å². The molecule has 0 aromatic heterocycles. The molecule has 1 aromatic rings. The minimum atomic E-state index is -0.908. The van der Waals surface area contributed by atoms with Crippen molar-refractivity contribution in [1.29, 1.82) is 0 Å². The molecule has 0 atom stereocenters. The minimum Gasteiger partial charge on any atom is -0.478 e. The Morgan fingerprint density at radius 2 is 2.05 bits per heavy atom. The van der Waals surface area contributed by atoms with Crippen LogP contribution in [-0.2, 0) is 0 Å². The highest BCUT2D eigenvalue weighted by Gasteiger charge is 2.08. The Bertz CT molecular complexity index is 570. The van der Waals surface area contributed by atoms with E-state index in [1.165, 1.54) is 17.5 Å². The summed E-state index contributed by atoms with van der Waals surface area (Å²) in [6, 6.07) is 5.36. The predicted molar refractivity (Wildman–Crippen MR) is 84.8 cm³/mol. The second kappa shape index (κ2) is 7.60. The molecule has 3 nitrogen and oxygen atoms in total. The first kappa shape index (κ1) is 16.1. The van der Waals surface area contributed by atoms with Gasteiger partial charge in [-0.05, 0) is 62.6 Å². The molecule has 0 heterocycles. The van der Waals surface area contributed by atoms with Crippen LogP contribution in [0.15, 0.2) is 59.2 Å². The van der Waals surface area contributed by atoms with Crippen molar-refractivity contribution in [1.82, 2.24) is 4.72 Å². The van der Waals surface area contributed by atoms with E-state index in [0.717, 1.165) is 16.2 Å². The molecule has 0 aliphatic heterocycles. The molecule has 0 unspecified atom stereocenters. The Labute approximate surface area is 124 Å². The average molecular weight is 289 g/mol. The van der Waals surface area contributed by atoms with E-state index < -0.39 is 5.97 Å². The highest BCUT2D eigenvalue weighted by atomic mass is 32.2. The van der Waals surface area contributed by atoms with Gasteiger partial charge in [0.15, 0.2) is 0 Å². The Balaban J connectivity index is 2.82.